The molecule has 6 rings (SSSR count). The van der Waals surface area contributed by atoms with Crippen molar-refractivity contribution in [1.29, 1.82) is 0 Å². The Morgan fingerprint density at radius 1 is 1.00 bits per heavy atom. The summed E-state index contributed by atoms with van der Waals surface area (Å²) in [5.41, 5.74) is 0.428. The molecule has 1 aromatic rings. The first-order chi connectivity index (χ1) is 13.9. The first kappa shape index (κ1) is 19.3. The minimum absolute atomic E-state index is 0.150. The van der Waals surface area contributed by atoms with E-state index in [4.69, 9.17) is 0 Å². The van der Waals surface area contributed by atoms with Crippen LogP contribution in [0, 0.1) is 29.5 Å². The summed E-state index contributed by atoms with van der Waals surface area (Å²) < 4.78 is 41.8. The van der Waals surface area contributed by atoms with E-state index in [1.54, 1.807) is 0 Å². The van der Waals surface area contributed by atoms with Crippen molar-refractivity contribution in [3.8, 4) is 0 Å². The van der Waals surface area contributed by atoms with Crippen molar-refractivity contribution < 1.29 is 17.6 Å². The summed E-state index contributed by atoms with van der Waals surface area (Å²) in [7, 11) is -3.80. The summed E-state index contributed by atoms with van der Waals surface area (Å²) in [6.07, 6.45) is 6.81. The molecule has 158 valence electrons. The highest BCUT2D eigenvalue weighted by Gasteiger charge is 2.48. The number of nitrogens with one attached hydrogen (secondary N) is 1. The number of carbonyl (C=O) groups excluding carboxylic acids is 1. The number of rotatable bonds is 4. The maximum Gasteiger partial charge on any atom is 0.304 e. The van der Waals surface area contributed by atoms with E-state index in [1.165, 1.54) is 65.0 Å². The van der Waals surface area contributed by atoms with Crippen molar-refractivity contribution >= 4 is 21.8 Å². The van der Waals surface area contributed by atoms with E-state index >= 15 is 0 Å². The lowest BCUT2D eigenvalue weighted by Crippen LogP contribution is -2.58. The van der Waals surface area contributed by atoms with Crippen LogP contribution in [-0.2, 0) is 15.0 Å². The average Bonchev–Trinajstić information content (AvgIpc) is 2.66. The Labute approximate surface area is 171 Å². The molecule has 0 aromatic heterocycles. The predicted octanol–water partition coefficient (Wildman–Crippen LogP) is 2.52. The van der Waals surface area contributed by atoms with Gasteiger partial charge in [0.1, 0.15) is 5.82 Å². The third kappa shape index (κ3) is 3.54. The summed E-state index contributed by atoms with van der Waals surface area (Å²) in [5, 5.41) is 3.20. The van der Waals surface area contributed by atoms with Crippen LogP contribution in [0.5, 0.6) is 0 Å². The van der Waals surface area contributed by atoms with Crippen LogP contribution in [0.15, 0.2) is 24.3 Å². The fraction of sp³-hybridized carbons (Fsp3) is 0.667. The second-order valence-electron chi connectivity index (χ2n) is 9.27. The van der Waals surface area contributed by atoms with E-state index in [2.05, 4.69) is 5.32 Å². The van der Waals surface area contributed by atoms with Crippen molar-refractivity contribution in [3.63, 3.8) is 0 Å². The van der Waals surface area contributed by atoms with Crippen molar-refractivity contribution in [3.05, 3.63) is 30.1 Å². The average molecular weight is 422 g/mol. The predicted molar refractivity (Wildman–Crippen MR) is 108 cm³/mol. The molecule has 0 spiro atoms. The molecular weight excluding hydrogens is 393 g/mol. The van der Waals surface area contributed by atoms with Gasteiger partial charge >= 0.3 is 10.2 Å². The summed E-state index contributed by atoms with van der Waals surface area (Å²) in [6.45, 7) is 0.513. The molecule has 0 radical (unpaired) electrons. The molecule has 5 aliphatic rings. The molecule has 0 atom stereocenters. The van der Waals surface area contributed by atoms with E-state index < -0.39 is 16.0 Å². The molecule has 1 amide bonds. The Bertz CT molecular complexity index is 861. The van der Waals surface area contributed by atoms with Gasteiger partial charge in [0.15, 0.2) is 0 Å². The van der Waals surface area contributed by atoms with Gasteiger partial charge in [-0.25, -0.2) is 4.39 Å². The Kier molecular flexibility index (Phi) is 4.81. The number of benzene rings is 1. The lowest BCUT2D eigenvalue weighted by molar-refractivity contribution is -0.125. The maximum absolute atomic E-state index is 13.2. The fourth-order valence-electron chi connectivity index (χ4n) is 6.34. The highest BCUT2D eigenvalue weighted by molar-refractivity contribution is 7.90. The van der Waals surface area contributed by atoms with Gasteiger partial charge in [0.05, 0.1) is 12.2 Å². The van der Waals surface area contributed by atoms with Gasteiger partial charge in [-0.3, -0.25) is 9.10 Å². The molecule has 5 fully saturated rings. The first-order valence-corrected chi connectivity index (χ1v) is 12.1. The van der Waals surface area contributed by atoms with Crippen molar-refractivity contribution in [2.24, 2.45) is 23.7 Å². The fourth-order valence-corrected chi connectivity index (χ4v) is 8.01. The molecule has 4 bridgehead atoms. The molecule has 0 unspecified atom stereocenters. The number of amides is 1. The number of hydrogen-bond acceptors (Lipinski definition) is 3. The number of nitrogens with zero attached hydrogens (tertiary/aromatic N) is 2. The topological polar surface area (TPSA) is 69.7 Å². The molecule has 1 aliphatic heterocycles. The first-order valence-electron chi connectivity index (χ1n) is 10.7. The SMILES string of the molecule is O=C(CN1CCCN(c2ccc(F)cc2)S1(=O)=O)NC1C2CC3CC(C2)CC1C3. The van der Waals surface area contributed by atoms with E-state index in [-0.39, 0.29) is 18.5 Å². The quantitative estimate of drug-likeness (QED) is 0.812. The largest absolute Gasteiger partial charge is 0.352 e. The van der Waals surface area contributed by atoms with Crippen molar-refractivity contribution in [2.45, 2.75) is 44.6 Å². The van der Waals surface area contributed by atoms with Gasteiger partial charge < -0.3 is 5.32 Å². The van der Waals surface area contributed by atoms with Gasteiger partial charge in [-0.1, -0.05) is 0 Å². The van der Waals surface area contributed by atoms with Gasteiger partial charge in [0, 0.05) is 19.1 Å². The summed E-state index contributed by atoms with van der Waals surface area (Å²) in [4.78, 5) is 12.8. The number of anilines is 1. The second-order valence-corrected chi connectivity index (χ2v) is 11.1. The minimum Gasteiger partial charge on any atom is -0.352 e. The van der Waals surface area contributed by atoms with Crippen LogP contribution in [0.4, 0.5) is 10.1 Å². The molecule has 1 aromatic carbocycles. The molecular formula is C21H28FN3O3S. The lowest BCUT2D eigenvalue weighted by atomic mass is 9.54. The summed E-state index contributed by atoms with van der Waals surface area (Å²) >= 11 is 0. The zero-order chi connectivity index (χ0) is 20.2. The monoisotopic (exact) mass is 421 g/mol. The standard InChI is InChI=1S/C21H28FN3O3S/c22-18-2-4-19(5-3-18)25-7-1-6-24(29(25,27)28)13-20(26)23-21-16-9-14-8-15(11-16)12-17(21)10-14/h2-5,14-17,21H,1,6-13H2,(H,23,26). The van der Waals surface area contributed by atoms with Gasteiger partial charge in [-0.15, -0.1) is 0 Å². The molecule has 29 heavy (non-hydrogen) atoms. The Morgan fingerprint density at radius 3 is 2.24 bits per heavy atom. The van der Waals surface area contributed by atoms with E-state index in [9.17, 15) is 17.6 Å². The Hall–Kier alpha value is -1.67. The van der Waals surface area contributed by atoms with E-state index in [0.717, 1.165) is 11.8 Å². The van der Waals surface area contributed by atoms with E-state index in [0.29, 0.717) is 37.0 Å². The Morgan fingerprint density at radius 2 is 1.62 bits per heavy atom. The molecule has 8 heteroatoms. The Balaban J connectivity index is 1.26. The van der Waals surface area contributed by atoms with Crippen LogP contribution in [-0.4, -0.2) is 44.3 Å². The van der Waals surface area contributed by atoms with Crippen LogP contribution in [0.1, 0.15) is 38.5 Å². The van der Waals surface area contributed by atoms with E-state index in [1.807, 2.05) is 0 Å². The third-order valence-electron chi connectivity index (χ3n) is 7.36. The van der Waals surface area contributed by atoms with Crippen LogP contribution in [0.3, 0.4) is 0 Å². The van der Waals surface area contributed by atoms with Crippen LogP contribution in [0.25, 0.3) is 0 Å². The normalized spacial score (nSPS) is 35.6. The highest BCUT2D eigenvalue weighted by Crippen LogP contribution is 2.53. The molecule has 1 heterocycles. The van der Waals surface area contributed by atoms with Crippen LogP contribution in [0.2, 0.25) is 0 Å². The van der Waals surface area contributed by atoms with Crippen LogP contribution >= 0.6 is 0 Å². The maximum atomic E-state index is 13.2. The lowest BCUT2D eigenvalue weighted by Gasteiger charge is -2.54. The number of carbonyl (C=O) groups is 1. The molecule has 6 nitrogen and oxygen atoms in total. The summed E-state index contributed by atoms with van der Waals surface area (Å²) in [6, 6.07) is 5.64. The van der Waals surface area contributed by atoms with Crippen LogP contribution < -0.4 is 9.62 Å². The smallest absolute Gasteiger partial charge is 0.304 e. The molecule has 1 N–H and O–H groups in total. The zero-order valence-corrected chi connectivity index (χ0v) is 17.3. The van der Waals surface area contributed by atoms with Gasteiger partial charge in [0.2, 0.25) is 5.91 Å². The highest BCUT2D eigenvalue weighted by atomic mass is 32.2. The summed E-state index contributed by atoms with van der Waals surface area (Å²) in [5.74, 6) is 2.17. The van der Waals surface area contributed by atoms with Crippen molar-refractivity contribution in [2.75, 3.05) is 23.9 Å². The van der Waals surface area contributed by atoms with Crippen molar-refractivity contribution in [1.82, 2.24) is 9.62 Å². The zero-order valence-electron chi connectivity index (χ0n) is 16.5. The minimum atomic E-state index is -3.80. The number of halogens is 1. The third-order valence-corrected chi connectivity index (χ3v) is 9.28. The second kappa shape index (κ2) is 7.23. The number of hydrogen-bond donors (Lipinski definition) is 1. The molecule has 4 aliphatic carbocycles. The molecule has 4 saturated carbocycles. The van der Waals surface area contributed by atoms with Gasteiger partial charge in [-0.2, -0.15) is 12.7 Å². The van der Waals surface area contributed by atoms with Gasteiger partial charge in [-0.05, 0) is 86.5 Å². The molecule has 1 saturated heterocycles. The van der Waals surface area contributed by atoms with Gasteiger partial charge in [0.25, 0.3) is 0 Å².